The molecule has 1 aliphatic heterocycles. The molecule has 1 aromatic heterocycles. The van der Waals surface area contributed by atoms with E-state index in [0.29, 0.717) is 23.4 Å². The second-order valence-corrected chi connectivity index (χ2v) is 7.31. The van der Waals surface area contributed by atoms with Gasteiger partial charge in [0.1, 0.15) is 0 Å². The van der Waals surface area contributed by atoms with Crippen LogP contribution in [-0.2, 0) is 4.79 Å². The maximum absolute atomic E-state index is 12.3. The molecule has 1 aromatic carbocycles. The fourth-order valence-corrected chi connectivity index (χ4v) is 4.09. The Kier molecular flexibility index (Phi) is 4.74. The fraction of sp³-hybridized carbons (Fsp3) is 0.529. The van der Waals surface area contributed by atoms with Crippen molar-refractivity contribution < 1.29 is 4.79 Å². The first-order valence-corrected chi connectivity index (χ1v) is 8.82. The predicted octanol–water partition coefficient (Wildman–Crippen LogP) is 3.57. The number of piperidine rings is 1. The lowest BCUT2D eigenvalue weighted by Gasteiger charge is -2.27. The van der Waals surface area contributed by atoms with Gasteiger partial charge in [0.05, 0.1) is 10.2 Å². The van der Waals surface area contributed by atoms with Gasteiger partial charge in [0.15, 0.2) is 5.13 Å². The van der Waals surface area contributed by atoms with Gasteiger partial charge in [-0.3, -0.25) is 4.79 Å². The molecule has 0 aliphatic carbocycles. The number of hydrogen-bond donors (Lipinski definition) is 2. The number of nitrogens with zero attached hydrogens (tertiary/aromatic N) is 1. The van der Waals surface area contributed by atoms with Crippen LogP contribution in [0.15, 0.2) is 18.2 Å². The third-order valence-corrected chi connectivity index (χ3v) is 5.45. The van der Waals surface area contributed by atoms with Crippen LogP contribution >= 0.6 is 11.3 Å². The molecule has 2 N–H and O–H groups in total. The highest BCUT2D eigenvalue weighted by atomic mass is 32.1. The number of aryl methyl sites for hydroxylation is 1. The molecule has 2 unspecified atom stereocenters. The van der Waals surface area contributed by atoms with Crippen molar-refractivity contribution in [1.29, 1.82) is 0 Å². The van der Waals surface area contributed by atoms with Crippen LogP contribution in [0.1, 0.15) is 31.7 Å². The Morgan fingerprint density at radius 3 is 3.14 bits per heavy atom. The molecule has 1 aliphatic rings. The topological polar surface area (TPSA) is 54.0 Å². The molecule has 0 spiro atoms. The summed E-state index contributed by atoms with van der Waals surface area (Å²) in [6.45, 7) is 6.38. The van der Waals surface area contributed by atoms with E-state index in [1.165, 1.54) is 12.8 Å². The summed E-state index contributed by atoms with van der Waals surface area (Å²) >= 11 is 1.55. The van der Waals surface area contributed by atoms with Crippen LogP contribution in [0.2, 0.25) is 0 Å². The van der Waals surface area contributed by atoms with Crippen LogP contribution in [0.3, 0.4) is 0 Å². The first kappa shape index (κ1) is 15.4. The van der Waals surface area contributed by atoms with Crippen LogP contribution in [0.5, 0.6) is 0 Å². The summed E-state index contributed by atoms with van der Waals surface area (Å²) in [5.41, 5.74) is 2.14. The van der Waals surface area contributed by atoms with Crippen LogP contribution in [0, 0.1) is 18.8 Å². The Hall–Kier alpha value is -1.46. The molecular formula is C17H23N3OS. The number of aromatic nitrogens is 1. The molecule has 0 radical (unpaired) electrons. The molecule has 0 saturated carbocycles. The summed E-state index contributed by atoms with van der Waals surface area (Å²) in [5.74, 6) is 1.09. The van der Waals surface area contributed by atoms with Crippen molar-refractivity contribution in [3.8, 4) is 0 Å². The molecule has 4 nitrogen and oxygen atoms in total. The molecule has 1 fully saturated rings. The first-order valence-electron chi connectivity index (χ1n) is 8.00. The number of benzene rings is 1. The number of para-hydroxylation sites is 1. The standard InChI is InChI=1S/C17H23N3OS/c1-11-5-3-7-14-16(11)20-17(22-14)19-15(21)9-12(2)13-6-4-8-18-10-13/h3,5,7,12-13,18H,4,6,8-10H2,1-2H3,(H,19,20,21). The Bertz CT molecular complexity index is 661. The number of nitrogens with one attached hydrogen (secondary N) is 2. The molecule has 1 saturated heterocycles. The highest BCUT2D eigenvalue weighted by Crippen LogP contribution is 2.28. The van der Waals surface area contributed by atoms with Crippen LogP contribution in [-0.4, -0.2) is 24.0 Å². The van der Waals surface area contributed by atoms with Crippen LogP contribution in [0.4, 0.5) is 5.13 Å². The molecule has 2 heterocycles. The van der Waals surface area contributed by atoms with Gasteiger partial charge in [0, 0.05) is 6.42 Å². The van der Waals surface area contributed by atoms with E-state index in [9.17, 15) is 4.79 Å². The quantitative estimate of drug-likeness (QED) is 0.906. The van der Waals surface area contributed by atoms with Gasteiger partial charge >= 0.3 is 0 Å². The fourth-order valence-electron chi connectivity index (χ4n) is 3.13. The Balaban J connectivity index is 1.61. The molecule has 118 valence electrons. The summed E-state index contributed by atoms with van der Waals surface area (Å²) in [5, 5.41) is 7.11. The molecule has 2 aromatic rings. The number of thiazole rings is 1. The largest absolute Gasteiger partial charge is 0.316 e. The van der Waals surface area contributed by atoms with E-state index in [4.69, 9.17) is 0 Å². The Labute approximate surface area is 135 Å². The second-order valence-electron chi connectivity index (χ2n) is 6.28. The molecule has 0 bridgehead atoms. The Morgan fingerprint density at radius 1 is 1.55 bits per heavy atom. The first-order chi connectivity index (χ1) is 10.6. The highest BCUT2D eigenvalue weighted by molar-refractivity contribution is 7.22. The van der Waals surface area contributed by atoms with Gasteiger partial charge in [-0.25, -0.2) is 4.98 Å². The van der Waals surface area contributed by atoms with E-state index in [1.807, 2.05) is 25.1 Å². The third kappa shape index (κ3) is 3.47. The zero-order chi connectivity index (χ0) is 15.5. The second kappa shape index (κ2) is 6.75. The van der Waals surface area contributed by atoms with E-state index in [2.05, 4.69) is 22.5 Å². The summed E-state index contributed by atoms with van der Waals surface area (Å²) < 4.78 is 1.12. The van der Waals surface area contributed by atoms with Crippen molar-refractivity contribution in [1.82, 2.24) is 10.3 Å². The van der Waals surface area contributed by atoms with Gasteiger partial charge in [-0.15, -0.1) is 0 Å². The van der Waals surface area contributed by atoms with Gasteiger partial charge < -0.3 is 10.6 Å². The van der Waals surface area contributed by atoms with Gasteiger partial charge in [-0.05, 0) is 56.3 Å². The van der Waals surface area contributed by atoms with Gasteiger partial charge in [-0.2, -0.15) is 0 Å². The number of fused-ring (bicyclic) bond motifs is 1. The molecule has 1 amide bonds. The third-order valence-electron chi connectivity index (χ3n) is 4.51. The van der Waals surface area contributed by atoms with Crippen LogP contribution in [0.25, 0.3) is 10.2 Å². The van der Waals surface area contributed by atoms with E-state index < -0.39 is 0 Å². The maximum Gasteiger partial charge on any atom is 0.226 e. The minimum atomic E-state index is 0.0785. The average Bonchev–Trinajstić information content (AvgIpc) is 2.92. The number of carbonyl (C=O) groups excluding carboxylic acids is 1. The maximum atomic E-state index is 12.3. The van der Waals surface area contributed by atoms with Gasteiger partial charge in [0.25, 0.3) is 0 Å². The molecule has 22 heavy (non-hydrogen) atoms. The van der Waals surface area contributed by atoms with Crippen LogP contribution < -0.4 is 10.6 Å². The summed E-state index contributed by atoms with van der Waals surface area (Å²) in [7, 11) is 0. The molecule has 2 atom stereocenters. The highest BCUT2D eigenvalue weighted by Gasteiger charge is 2.22. The molecular weight excluding hydrogens is 294 g/mol. The zero-order valence-corrected chi connectivity index (χ0v) is 14.0. The number of anilines is 1. The van der Waals surface area contributed by atoms with Gasteiger partial charge in [0.2, 0.25) is 5.91 Å². The minimum Gasteiger partial charge on any atom is -0.316 e. The zero-order valence-electron chi connectivity index (χ0n) is 13.2. The normalized spacial score (nSPS) is 20.0. The average molecular weight is 317 g/mol. The number of amides is 1. The monoisotopic (exact) mass is 317 g/mol. The summed E-state index contributed by atoms with van der Waals surface area (Å²) in [6, 6.07) is 6.12. The predicted molar refractivity (Wildman–Crippen MR) is 92.4 cm³/mol. The lowest BCUT2D eigenvalue weighted by Crippen LogP contribution is -2.34. The number of hydrogen-bond acceptors (Lipinski definition) is 4. The van der Waals surface area contributed by atoms with E-state index in [1.54, 1.807) is 11.3 Å². The molecule has 5 heteroatoms. The van der Waals surface area contributed by atoms with Crippen molar-refractivity contribution in [3.05, 3.63) is 23.8 Å². The van der Waals surface area contributed by atoms with Crippen molar-refractivity contribution >= 4 is 32.6 Å². The van der Waals surface area contributed by atoms with Crippen molar-refractivity contribution in [2.24, 2.45) is 11.8 Å². The summed E-state index contributed by atoms with van der Waals surface area (Å²) in [6.07, 6.45) is 3.01. The minimum absolute atomic E-state index is 0.0785. The van der Waals surface area contributed by atoms with E-state index >= 15 is 0 Å². The lowest BCUT2D eigenvalue weighted by atomic mass is 9.85. The van der Waals surface area contributed by atoms with Crippen molar-refractivity contribution in [2.75, 3.05) is 18.4 Å². The SMILES string of the molecule is Cc1cccc2sc(NC(=O)CC(C)C3CCCNC3)nc12. The van der Waals surface area contributed by atoms with E-state index in [-0.39, 0.29) is 5.91 Å². The smallest absolute Gasteiger partial charge is 0.226 e. The lowest BCUT2D eigenvalue weighted by molar-refractivity contribution is -0.117. The van der Waals surface area contributed by atoms with Crippen molar-refractivity contribution in [3.63, 3.8) is 0 Å². The summed E-state index contributed by atoms with van der Waals surface area (Å²) in [4.78, 5) is 16.8. The Morgan fingerprint density at radius 2 is 2.41 bits per heavy atom. The van der Waals surface area contributed by atoms with E-state index in [0.717, 1.165) is 28.9 Å². The van der Waals surface area contributed by atoms with Gasteiger partial charge in [-0.1, -0.05) is 30.4 Å². The number of rotatable bonds is 4. The van der Waals surface area contributed by atoms with Crippen molar-refractivity contribution in [2.45, 2.75) is 33.1 Å². The molecule has 3 rings (SSSR count). The number of carbonyl (C=O) groups is 1.